The van der Waals surface area contributed by atoms with Crippen molar-refractivity contribution >= 4 is 20.0 Å². The Morgan fingerprint density at radius 3 is 2.17 bits per heavy atom. The van der Waals surface area contributed by atoms with E-state index in [2.05, 4.69) is 4.72 Å². The Balaban J connectivity index is 1.57. The topological polar surface area (TPSA) is 92.8 Å². The van der Waals surface area contributed by atoms with Crippen LogP contribution in [0.5, 0.6) is 0 Å². The predicted molar refractivity (Wildman–Crippen MR) is 130 cm³/mol. The number of rotatable bonds is 10. The van der Waals surface area contributed by atoms with E-state index in [9.17, 15) is 21.2 Å². The van der Waals surface area contributed by atoms with Crippen LogP contribution in [0.25, 0.3) is 0 Å². The Morgan fingerprint density at radius 2 is 1.51 bits per heavy atom. The number of sulfonamides is 2. The summed E-state index contributed by atoms with van der Waals surface area (Å²) in [5, 5.41) is 0. The molecule has 1 N–H and O–H groups in total. The van der Waals surface area contributed by atoms with Gasteiger partial charge in [0.25, 0.3) is 0 Å². The van der Waals surface area contributed by atoms with Gasteiger partial charge in [0.1, 0.15) is 5.82 Å². The summed E-state index contributed by atoms with van der Waals surface area (Å²) in [6.07, 6.45) is 1.53. The zero-order valence-electron chi connectivity index (χ0n) is 19.0. The van der Waals surface area contributed by atoms with Gasteiger partial charge in [-0.05, 0) is 48.7 Å². The number of hydrogen-bond donors (Lipinski definition) is 1. The van der Waals surface area contributed by atoms with E-state index in [0.717, 1.165) is 18.4 Å². The fraction of sp³-hybridized carbons (Fsp3) is 0.280. The molecule has 35 heavy (non-hydrogen) atoms. The van der Waals surface area contributed by atoms with E-state index in [1.807, 2.05) is 6.07 Å². The van der Waals surface area contributed by atoms with Gasteiger partial charge in [-0.2, -0.15) is 4.31 Å². The maximum absolute atomic E-state index is 14.3. The van der Waals surface area contributed by atoms with Gasteiger partial charge >= 0.3 is 0 Å². The molecule has 1 atom stereocenters. The molecule has 0 aliphatic carbocycles. The summed E-state index contributed by atoms with van der Waals surface area (Å²) in [7, 11) is -7.89. The van der Waals surface area contributed by atoms with Crippen LogP contribution in [0, 0.1) is 5.82 Å². The average Bonchev–Trinajstić information content (AvgIpc) is 3.38. The predicted octanol–water partition coefficient (Wildman–Crippen LogP) is 3.67. The summed E-state index contributed by atoms with van der Waals surface area (Å²) in [5.41, 5.74) is 0.981. The molecule has 3 aromatic carbocycles. The van der Waals surface area contributed by atoms with Crippen LogP contribution in [0.3, 0.4) is 0 Å². The minimum absolute atomic E-state index is 0.0283. The summed E-state index contributed by atoms with van der Waals surface area (Å²) < 4.78 is 75.8. The lowest BCUT2D eigenvalue weighted by atomic mass is 10.2. The maximum Gasteiger partial charge on any atom is 0.243 e. The molecule has 10 heteroatoms. The summed E-state index contributed by atoms with van der Waals surface area (Å²) in [6, 6.07) is 20.1. The van der Waals surface area contributed by atoms with E-state index in [1.165, 1.54) is 40.7 Å². The lowest BCUT2D eigenvalue weighted by Gasteiger charge is -2.23. The zero-order chi connectivity index (χ0) is 24.9. The Labute approximate surface area is 205 Å². The molecule has 1 aliphatic heterocycles. The molecule has 186 valence electrons. The van der Waals surface area contributed by atoms with Crippen LogP contribution < -0.4 is 4.72 Å². The van der Waals surface area contributed by atoms with Gasteiger partial charge in [0, 0.05) is 31.8 Å². The second-order valence-corrected chi connectivity index (χ2v) is 12.0. The average molecular weight is 519 g/mol. The Bertz CT molecular complexity index is 1340. The molecule has 0 spiro atoms. The largest absolute Gasteiger partial charge is 0.377 e. The van der Waals surface area contributed by atoms with Crippen molar-refractivity contribution in [2.75, 3.05) is 13.2 Å². The molecular formula is C25H27FN2O5S2. The van der Waals surface area contributed by atoms with Gasteiger partial charge in [-0.15, -0.1) is 0 Å². The van der Waals surface area contributed by atoms with Crippen LogP contribution in [0.1, 0.15) is 24.0 Å². The Kier molecular flexibility index (Phi) is 7.98. The van der Waals surface area contributed by atoms with E-state index in [4.69, 9.17) is 4.74 Å². The highest BCUT2D eigenvalue weighted by Gasteiger charge is 2.27. The summed E-state index contributed by atoms with van der Waals surface area (Å²) >= 11 is 0. The SMILES string of the molecule is O=S(=O)(NC[C@H]1CCCO1)c1ccc(S(=O)(=O)N(Cc2ccccc2)Cc2ccccc2F)cc1. The highest BCUT2D eigenvalue weighted by molar-refractivity contribution is 7.89. The van der Waals surface area contributed by atoms with Gasteiger partial charge in [-0.25, -0.2) is 25.9 Å². The molecule has 0 amide bonds. The monoisotopic (exact) mass is 518 g/mol. The molecule has 0 unspecified atom stereocenters. The molecule has 4 rings (SSSR count). The minimum atomic E-state index is -4.07. The van der Waals surface area contributed by atoms with Crippen molar-refractivity contribution in [3.8, 4) is 0 Å². The molecule has 1 fully saturated rings. The van der Waals surface area contributed by atoms with Crippen LogP contribution in [0.4, 0.5) is 4.39 Å². The van der Waals surface area contributed by atoms with Crippen LogP contribution in [0.2, 0.25) is 0 Å². The molecule has 0 saturated carbocycles. The van der Waals surface area contributed by atoms with E-state index in [-0.39, 0.29) is 41.1 Å². The number of ether oxygens (including phenoxy) is 1. The minimum Gasteiger partial charge on any atom is -0.377 e. The third-order valence-electron chi connectivity index (χ3n) is 5.80. The smallest absolute Gasteiger partial charge is 0.243 e. The fourth-order valence-corrected chi connectivity index (χ4v) is 6.33. The number of hydrogen-bond acceptors (Lipinski definition) is 5. The molecule has 1 heterocycles. The van der Waals surface area contributed by atoms with Crippen molar-refractivity contribution in [1.82, 2.24) is 9.03 Å². The van der Waals surface area contributed by atoms with Crippen molar-refractivity contribution in [3.05, 3.63) is 95.8 Å². The van der Waals surface area contributed by atoms with Gasteiger partial charge in [0.2, 0.25) is 20.0 Å². The molecular weight excluding hydrogens is 491 g/mol. The van der Waals surface area contributed by atoms with Gasteiger partial charge in [-0.1, -0.05) is 48.5 Å². The van der Waals surface area contributed by atoms with Crippen molar-refractivity contribution in [2.24, 2.45) is 0 Å². The third kappa shape index (κ3) is 6.33. The zero-order valence-corrected chi connectivity index (χ0v) is 20.6. The quantitative estimate of drug-likeness (QED) is 0.442. The molecule has 3 aromatic rings. The molecule has 0 bridgehead atoms. The fourth-order valence-electron chi connectivity index (χ4n) is 3.86. The first kappa shape index (κ1) is 25.5. The Morgan fingerprint density at radius 1 is 0.857 bits per heavy atom. The van der Waals surface area contributed by atoms with Crippen molar-refractivity contribution in [1.29, 1.82) is 0 Å². The van der Waals surface area contributed by atoms with E-state index in [1.54, 1.807) is 36.4 Å². The normalized spacial score (nSPS) is 16.6. The third-order valence-corrected chi connectivity index (χ3v) is 9.05. The second kappa shape index (κ2) is 11.0. The van der Waals surface area contributed by atoms with Crippen LogP contribution >= 0.6 is 0 Å². The van der Waals surface area contributed by atoms with Crippen LogP contribution in [-0.4, -0.2) is 40.4 Å². The van der Waals surface area contributed by atoms with Crippen LogP contribution in [-0.2, 0) is 37.9 Å². The lowest BCUT2D eigenvalue weighted by Crippen LogP contribution is -2.32. The number of benzene rings is 3. The summed E-state index contributed by atoms with van der Waals surface area (Å²) in [6.45, 7) is 0.634. The van der Waals surface area contributed by atoms with E-state index in [0.29, 0.717) is 6.61 Å². The van der Waals surface area contributed by atoms with E-state index < -0.39 is 25.9 Å². The Hall–Kier alpha value is -2.63. The molecule has 1 aliphatic rings. The highest BCUT2D eigenvalue weighted by atomic mass is 32.2. The molecule has 7 nitrogen and oxygen atoms in total. The molecule has 0 radical (unpaired) electrons. The van der Waals surface area contributed by atoms with Gasteiger partial charge in [0.05, 0.1) is 15.9 Å². The summed E-state index contributed by atoms with van der Waals surface area (Å²) in [5.74, 6) is -0.500. The standard InChI is InChI=1S/C25H27FN2O5S2/c26-25-11-5-4-9-21(25)19-28(18-20-7-2-1-3-8-20)35(31,32)24-14-12-23(13-15-24)34(29,30)27-17-22-10-6-16-33-22/h1-5,7-9,11-15,22,27H,6,10,16-19H2/t22-/m1/s1. The van der Waals surface area contributed by atoms with Gasteiger partial charge in [-0.3, -0.25) is 0 Å². The van der Waals surface area contributed by atoms with Crippen molar-refractivity contribution in [2.45, 2.75) is 41.8 Å². The molecule has 0 aromatic heterocycles. The maximum atomic E-state index is 14.3. The highest BCUT2D eigenvalue weighted by Crippen LogP contribution is 2.24. The first-order chi connectivity index (χ1) is 16.8. The molecule has 1 saturated heterocycles. The van der Waals surface area contributed by atoms with Gasteiger partial charge in [0.15, 0.2) is 0 Å². The van der Waals surface area contributed by atoms with Gasteiger partial charge < -0.3 is 4.74 Å². The number of nitrogens with one attached hydrogen (secondary N) is 1. The van der Waals surface area contributed by atoms with E-state index >= 15 is 0 Å². The number of halogens is 1. The van der Waals surface area contributed by atoms with Crippen molar-refractivity contribution < 1.29 is 26.0 Å². The summed E-state index contributed by atoms with van der Waals surface area (Å²) in [4.78, 5) is -0.124. The van der Waals surface area contributed by atoms with Crippen molar-refractivity contribution in [3.63, 3.8) is 0 Å². The lowest BCUT2D eigenvalue weighted by molar-refractivity contribution is 0.114. The second-order valence-electron chi connectivity index (χ2n) is 8.31. The first-order valence-corrected chi connectivity index (χ1v) is 14.2. The first-order valence-electron chi connectivity index (χ1n) is 11.2. The number of nitrogens with zero attached hydrogens (tertiary/aromatic N) is 1. The van der Waals surface area contributed by atoms with Crippen LogP contribution in [0.15, 0.2) is 88.7 Å².